The molecule has 3 rings (SSSR count). The van der Waals surface area contributed by atoms with Gasteiger partial charge in [-0.15, -0.1) is 0 Å². The quantitative estimate of drug-likeness (QED) is 0.830. The smallest absolute Gasteiger partial charge is 0.248 e. The van der Waals surface area contributed by atoms with E-state index in [9.17, 15) is 9.59 Å². The van der Waals surface area contributed by atoms with E-state index in [1.54, 1.807) is 12.4 Å². The van der Waals surface area contributed by atoms with Crippen molar-refractivity contribution >= 4 is 11.8 Å². The number of nitrogens with zero attached hydrogens (tertiary/aromatic N) is 3. The van der Waals surface area contributed by atoms with Crippen LogP contribution in [0.3, 0.4) is 0 Å². The number of pyridine rings is 1. The van der Waals surface area contributed by atoms with Crippen molar-refractivity contribution in [3.05, 3.63) is 30.1 Å². The standard InChI is InChI=1S/C19H27N3O3/c1-15(2)22-13-19(14-25-11-18(22)24)7-10-21(12-19)17(23)4-3-16-5-8-20-9-6-16/h5-6,8-9,15H,3-4,7,10-14H2,1-2H3. The highest BCUT2D eigenvalue weighted by molar-refractivity contribution is 5.78. The lowest BCUT2D eigenvalue weighted by molar-refractivity contribution is -0.135. The van der Waals surface area contributed by atoms with Gasteiger partial charge in [0.2, 0.25) is 11.8 Å². The zero-order valence-electron chi connectivity index (χ0n) is 15.1. The van der Waals surface area contributed by atoms with E-state index in [-0.39, 0.29) is 29.9 Å². The summed E-state index contributed by atoms with van der Waals surface area (Å²) in [5.41, 5.74) is 1.01. The molecule has 0 bridgehead atoms. The van der Waals surface area contributed by atoms with Crippen molar-refractivity contribution in [3.8, 4) is 0 Å². The number of carbonyl (C=O) groups is 2. The normalized spacial score (nSPS) is 24.2. The molecule has 0 N–H and O–H groups in total. The first kappa shape index (κ1) is 17.9. The van der Waals surface area contributed by atoms with Crippen LogP contribution in [0.15, 0.2) is 24.5 Å². The molecule has 136 valence electrons. The van der Waals surface area contributed by atoms with E-state index in [1.807, 2.05) is 35.8 Å². The number of amides is 2. The third-order valence-corrected chi connectivity index (χ3v) is 5.25. The predicted molar refractivity (Wildman–Crippen MR) is 93.9 cm³/mol. The van der Waals surface area contributed by atoms with E-state index < -0.39 is 0 Å². The first-order valence-corrected chi connectivity index (χ1v) is 9.03. The molecule has 2 amide bonds. The molecular formula is C19H27N3O3. The summed E-state index contributed by atoms with van der Waals surface area (Å²) in [5, 5.41) is 0. The summed E-state index contributed by atoms with van der Waals surface area (Å²) in [6.07, 6.45) is 5.65. The van der Waals surface area contributed by atoms with Crippen LogP contribution < -0.4 is 0 Å². The molecule has 25 heavy (non-hydrogen) atoms. The van der Waals surface area contributed by atoms with Gasteiger partial charge in [0.15, 0.2) is 0 Å². The molecule has 1 aromatic heterocycles. The van der Waals surface area contributed by atoms with Gasteiger partial charge in [0.1, 0.15) is 6.61 Å². The van der Waals surface area contributed by atoms with Crippen LogP contribution in [0, 0.1) is 5.41 Å². The van der Waals surface area contributed by atoms with Crippen LogP contribution in [-0.2, 0) is 20.7 Å². The van der Waals surface area contributed by atoms with Gasteiger partial charge in [-0.05, 0) is 44.4 Å². The van der Waals surface area contributed by atoms with Crippen molar-refractivity contribution in [3.63, 3.8) is 0 Å². The Morgan fingerprint density at radius 2 is 2.08 bits per heavy atom. The number of aromatic nitrogens is 1. The van der Waals surface area contributed by atoms with Gasteiger partial charge < -0.3 is 14.5 Å². The Morgan fingerprint density at radius 1 is 1.32 bits per heavy atom. The largest absolute Gasteiger partial charge is 0.371 e. The number of aryl methyl sites for hydroxylation is 1. The Balaban J connectivity index is 1.59. The Kier molecular flexibility index (Phi) is 5.37. The maximum absolute atomic E-state index is 12.6. The summed E-state index contributed by atoms with van der Waals surface area (Å²) in [6, 6.07) is 4.05. The SMILES string of the molecule is CC(C)N1CC2(CCN(C(=O)CCc3ccncc3)C2)COCC1=O. The molecule has 1 spiro atoms. The fourth-order valence-electron chi connectivity index (χ4n) is 3.76. The number of ether oxygens (including phenoxy) is 1. The Hall–Kier alpha value is -1.95. The minimum absolute atomic E-state index is 0.0503. The molecule has 2 saturated heterocycles. The summed E-state index contributed by atoms with van der Waals surface area (Å²) in [6.45, 7) is 6.87. The molecule has 0 aromatic carbocycles. The van der Waals surface area contributed by atoms with Crippen molar-refractivity contribution in [1.82, 2.24) is 14.8 Å². The Labute approximate surface area is 149 Å². The van der Waals surface area contributed by atoms with Gasteiger partial charge in [0.25, 0.3) is 0 Å². The van der Waals surface area contributed by atoms with Crippen LogP contribution in [0.5, 0.6) is 0 Å². The van der Waals surface area contributed by atoms with Crippen LogP contribution in [0.2, 0.25) is 0 Å². The number of hydrogen-bond donors (Lipinski definition) is 0. The van der Waals surface area contributed by atoms with Crippen LogP contribution >= 0.6 is 0 Å². The summed E-state index contributed by atoms with van der Waals surface area (Å²) in [4.78, 5) is 32.6. The van der Waals surface area contributed by atoms with Gasteiger partial charge in [0, 0.05) is 49.9 Å². The number of hydrogen-bond acceptors (Lipinski definition) is 4. The van der Waals surface area contributed by atoms with Crippen molar-refractivity contribution in [1.29, 1.82) is 0 Å². The van der Waals surface area contributed by atoms with Gasteiger partial charge in [-0.1, -0.05) is 0 Å². The molecule has 1 unspecified atom stereocenters. The molecule has 2 aliphatic rings. The molecule has 6 heteroatoms. The minimum atomic E-state index is -0.122. The van der Waals surface area contributed by atoms with E-state index >= 15 is 0 Å². The van der Waals surface area contributed by atoms with Gasteiger partial charge in [0.05, 0.1) is 6.61 Å². The molecule has 1 aromatic rings. The molecule has 2 fully saturated rings. The summed E-state index contributed by atoms with van der Waals surface area (Å²) >= 11 is 0. The summed E-state index contributed by atoms with van der Waals surface area (Å²) in [5.74, 6) is 0.231. The van der Waals surface area contributed by atoms with E-state index in [2.05, 4.69) is 4.98 Å². The van der Waals surface area contributed by atoms with Crippen LogP contribution in [-0.4, -0.2) is 65.5 Å². The second-order valence-corrected chi connectivity index (χ2v) is 7.53. The van der Waals surface area contributed by atoms with Crippen molar-refractivity contribution in [2.45, 2.75) is 39.2 Å². The third kappa shape index (κ3) is 4.18. The first-order valence-electron chi connectivity index (χ1n) is 9.03. The lowest BCUT2D eigenvalue weighted by atomic mass is 9.87. The lowest BCUT2D eigenvalue weighted by Gasteiger charge is -2.34. The zero-order chi connectivity index (χ0) is 17.9. The number of likely N-dealkylation sites (tertiary alicyclic amines) is 1. The second-order valence-electron chi connectivity index (χ2n) is 7.53. The maximum Gasteiger partial charge on any atom is 0.248 e. The van der Waals surface area contributed by atoms with Crippen LogP contribution in [0.25, 0.3) is 0 Å². The zero-order valence-corrected chi connectivity index (χ0v) is 15.1. The van der Waals surface area contributed by atoms with E-state index in [4.69, 9.17) is 4.74 Å². The van der Waals surface area contributed by atoms with Gasteiger partial charge in [-0.3, -0.25) is 14.6 Å². The van der Waals surface area contributed by atoms with Crippen LogP contribution in [0.4, 0.5) is 0 Å². The van der Waals surface area contributed by atoms with Crippen LogP contribution in [0.1, 0.15) is 32.3 Å². The van der Waals surface area contributed by atoms with E-state index in [0.717, 1.165) is 24.9 Å². The molecule has 1 atom stereocenters. The van der Waals surface area contributed by atoms with Crippen molar-refractivity contribution in [2.24, 2.45) is 5.41 Å². The summed E-state index contributed by atoms with van der Waals surface area (Å²) in [7, 11) is 0. The topological polar surface area (TPSA) is 62.7 Å². The Morgan fingerprint density at radius 3 is 2.80 bits per heavy atom. The number of carbonyl (C=O) groups excluding carboxylic acids is 2. The van der Waals surface area contributed by atoms with E-state index in [0.29, 0.717) is 26.1 Å². The Bertz CT molecular complexity index is 620. The first-order chi connectivity index (χ1) is 12.0. The van der Waals surface area contributed by atoms with Gasteiger partial charge in [-0.25, -0.2) is 0 Å². The van der Waals surface area contributed by atoms with Crippen molar-refractivity contribution in [2.75, 3.05) is 32.8 Å². The molecule has 6 nitrogen and oxygen atoms in total. The molecule has 0 saturated carbocycles. The highest BCUT2D eigenvalue weighted by Gasteiger charge is 2.44. The molecular weight excluding hydrogens is 318 g/mol. The molecule has 2 aliphatic heterocycles. The highest BCUT2D eigenvalue weighted by Crippen LogP contribution is 2.34. The maximum atomic E-state index is 12.6. The number of rotatable bonds is 4. The average Bonchev–Trinajstić information content (AvgIpc) is 2.94. The lowest BCUT2D eigenvalue weighted by Crippen LogP contribution is -2.46. The highest BCUT2D eigenvalue weighted by atomic mass is 16.5. The fourth-order valence-corrected chi connectivity index (χ4v) is 3.76. The summed E-state index contributed by atoms with van der Waals surface area (Å²) < 4.78 is 5.65. The van der Waals surface area contributed by atoms with Crippen molar-refractivity contribution < 1.29 is 14.3 Å². The predicted octanol–water partition coefficient (Wildman–Crippen LogP) is 1.50. The fraction of sp³-hybridized carbons (Fsp3) is 0.632. The third-order valence-electron chi connectivity index (χ3n) is 5.25. The molecule has 0 radical (unpaired) electrons. The monoisotopic (exact) mass is 345 g/mol. The van der Waals surface area contributed by atoms with Gasteiger partial charge >= 0.3 is 0 Å². The van der Waals surface area contributed by atoms with E-state index in [1.165, 1.54) is 0 Å². The molecule has 0 aliphatic carbocycles. The molecule has 3 heterocycles. The average molecular weight is 345 g/mol. The second kappa shape index (κ2) is 7.52. The minimum Gasteiger partial charge on any atom is -0.371 e. The van der Waals surface area contributed by atoms with Gasteiger partial charge in [-0.2, -0.15) is 0 Å².